The summed E-state index contributed by atoms with van der Waals surface area (Å²) < 4.78 is 0. The molecule has 174 valence electrons. The number of carboxylic acids is 1. The van der Waals surface area contributed by atoms with E-state index in [4.69, 9.17) is 0 Å². The standard InChI is InChI=1S/C28H28N2O4/c31-19-30(18-26(20-7-2-1-3-8-20)22-10-6-15-29-17-22)16-14-21-9-4-12-24-23(21)11-5-13-25(24)27(32)28(33)34/h1-3,5-8,10-11,13,15,17,19,21,26H,4,9,12,14,16,18H2,(H,33,34). The number of carbonyl (C=O) groups excluding carboxylic acids is 2. The summed E-state index contributed by atoms with van der Waals surface area (Å²) in [7, 11) is 0. The SMILES string of the molecule is O=CN(CCC1CCCc2c(C(=O)C(=O)O)cccc21)CC(c1ccccc1)c1cccnc1. The Morgan fingerprint density at radius 3 is 2.56 bits per heavy atom. The number of hydrogen-bond acceptors (Lipinski definition) is 4. The maximum absolute atomic E-state index is 12.2. The molecule has 34 heavy (non-hydrogen) atoms. The molecule has 0 bridgehead atoms. The van der Waals surface area contributed by atoms with Gasteiger partial charge in [0.25, 0.3) is 5.78 Å². The average molecular weight is 457 g/mol. The Bertz CT molecular complexity index is 1110. The normalized spacial score (nSPS) is 15.7. The molecule has 1 aliphatic carbocycles. The molecule has 2 aromatic carbocycles. The number of hydrogen-bond donors (Lipinski definition) is 1. The molecule has 0 saturated heterocycles. The third-order valence-corrected chi connectivity index (χ3v) is 6.69. The molecular formula is C28H28N2O4. The van der Waals surface area contributed by atoms with Crippen molar-refractivity contribution in [3.8, 4) is 0 Å². The zero-order valence-corrected chi connectivity index (χ0v) is 19.0. The minimum absolute atomic E-state index is 0.0125. The molecule has 0 aliphatic heterocycles. The van der Waals surface area contributed by atoms with Gasteiger partial charge < -0.3 is 10.0 Å². The highest BCUT2D eigenvalue weighted by Crippen LogP contribution is 2.36. The van der Waals surface area contributed by atoms with E-state index in [1.54, 1.807) is 18.3 Å². The first-order chi connectivity index (χ1) is 16.6. The van der Waals surface area contributed by atoms with Crippen LogP contribution in [-0.4, -0.2) is 46.2 Å². The lowest BCUT2D eigenvalue weighted by atomic mass is 9.78. The van der Waals surface area contributed by atoms with Gasteiger partial charge in [0, 0.05) is 37.0 Å². The van der Waals surface area contributed by atoms with Crippen molar-refractivity contribution in [3.63, 3.8) is 0 Å². The van der Waals surface area contributed by atoms with E-state index >= 15 is 0 Å². The minimum Gasteiger partial charge on any atom is -0.475 e. The van der Waals surface area contributed by atoms with Crippen molar-refractivity contribution in [1.82, 2.24) is 9.88 Å². The van der Waals surface area contributed by atoms with Crippen molar-refractivity contribution < 1.29 is 19.5 Å². The lowest BCUT2D eigenvalue weighted by Gasteiger charge is -2.30. The van der Waals surface area contributed by atoms with Crippen LogP contribution in [0.5, 0.6) is 0 Å². The van der Waals surface area contributed by atoms with Gasteiger partial charge in [-0.1, -0.05) is 54.6 Å². The van der Waals surface area contributed by atoms with E-state index in [-0.39, 0.29) is 11.8 Å². The topological polar surface area (TPSA) is 87.6 Å². The van der Waals surface area contributed by atoms with Gasteiger partial charge in [0.2, 0.25) is 6.41 Å². The lowest BCUT2D eigenvalue weighted by molar-refractivity contribution is -0.131. The van der Waals surface area contributed by atoms with Crippen LogP contribution in [-0.2, 0) is 16.0 Å². The van der Waals surface area contributed by atoms with Crippen LogP contribution >= 0.6 is 0 Å². The molecule has 1 amide bonds. The number of aromatic nitrogens is 1. The highest BCUT2D eigenvalue weighted by Gasteiger charge is 2.27. The highest BCUT2D eigenvalue weighted by molar-refractivity contribution is 6.40. The predicted octanol–water partition coefficient (Wildman–Crippen LogP) is 4.45. The van der Waals surface area contributed by atoms with Crippen LogP contribution in [0.3, 0.4) is 0 Å². The smallest absolute Gasteiger partial charge is 0.377 e. The summed E-state index contributed by atoms with van der Waals surface area (Å²) in [6, 6.07) is 19.4. The zero-order valence-electron chi connectivity index (χ0n) is 19.0. The fourth-order valence-corrected chi connectivity index (χ4v) is 4.99. The zero-order chi connectivity index (χ0) is 23.9. The monoisotopic (exact) mass is 456 g/mol. The van der Waals surface area contributed by atoms with E-state index in [1.807, 2.05) is 47.5 Å². The van der Waals surface area contributed by atoms with Crippen LogP contribution in [0.2, 0.25) is 0 Å². The van der Waals surface area contributed by atoms with Crippen molar-refractivity contribution in [2.24, 2.45) is 0 Å². The molecule has 0 radical (unpaired) electrons. The van der Waals surface area contributed by atoms with E-state index in [1.165, 1.54) is 0 Å². The molecule has 1 heterocycles. The number of fused-ring (bicyclic) bond motifs is 1. The second-order valence-electron chi connectivity index (χ2n) is 8.74. The maximum atomic E-state index is 12.2. The molecule has 2 atom stereocenters. The van der Waals surface area contributed by atoms with Crippen LogP contribution < -0.4 is 0 Å². The van der Waals surface area contributed by atoms with Gasteiger partial charge in [-0.15, -0.1) is 0 Å². The van der Waals surface area contributed by atoms with Crippen molar-refractivity contribution in [2.75, 3.05) is 13.1 Å². The number of pyridine rings is 1. The van der Waals surface area contributed by atoms with Crippen LogP contribution in [0.4, 0.5) is 0 Å². The Kier molecular flexibility index (Phi) is 7.48. The number of nitrogens with zero attached hydrogens (tertiary/aromatic N) is 2. The third kappa shape index (κ3) is 5.22. The molecular weight excluding hydrogens is 428 g/mol. The average Bonchev–Trinajstić information content (AvgIpc) is 2.89. The Balaban J connectivity index is 1.51. The van der Waals surface area contributed by atoms with Crippen LogP contribution in [0.1, 0.15) is 63.7 Å². The Morgan fingerprint density at radius 2 is 1.85 bits per heavy atom. The Hall–Kier alpha value is -3.80. The van der Waals surface area contributed by atoms with Crippen LogP contribution in [0.25, 0.3) is 0 Å². The van der Waals surface area contributed by atoms with Gasteiger partial charge in [0.05, 0.1) is 0 Å². The molecule has 1 aromatic heterocycles. The quantitative estimate of drug-likeness (QED) is 0.277. The fraction of sp³-hybridized carbons (Fsp3) is 0.286. The summed E-state index contributed by atoms with van der Waals surface area (Å²) in [5.41, 5.74) is 4.36. The first kappa shape index (κ1) is 23.4. The maximum Gasteiger partial charge on any atom is 0.377 e. The molecule has 4 rings (SSSR count). The minimum atomic E-state index is -1.43. The molecule has 3 aromatic rings. The number of Topliss-reactive ketones (excluding diaryl/α,β-unsaturated/α-hetero) is 1. The second-order valence-corrected chi connectivity index (χ2v) is 8.74. The molecule has 1 aliphatic rings. The molecule has 0 fully saturated rings. The number of rotatable bonds is 10. The summed E-state index contributed by atoms with van der Waals surface area (Å²) in [6.07, 6.45) is 7.80. The summed E-state index contributed by atoms with van der Waals surface area (Å²) in [5.74, 6) is -2.08. The summed E-state index contributed by atoms with van der Waals surface area (Å²) in [6.45, 7) is 1.12. The number of carbonyl (C=O) groups is 3. The van der Waals surface area contributed by atoms with Crippen molar-refractivity contribution in [1.29, 1.82) is 0 Å². The van der Waals surface area contributed by atoms with E-state index in [9.17, 15) is 19.5 Å². The predicted molar refractivity (Wildman–Crippen MR) is 129 cm³/mol. The van der Waals surface area contributed by atoms with Gasteiger partial charge in [-0.05, 0) is 59.9 Å². The summed E-state index contributed by atoms with van der Waals surface area (Å²) in [4.78, 5) is 41.5. The number of aliphatic carboxylic acids is 1. The summed E-state index contributed by atoms with van der Waals surface area (Å²) >= 11 is 0. The largest absolute Gasteiger partial charge is 0.475 e. The number of benzene rings is 2. The van der Waals surface area contributed by atoms with E-state index in [0.717, 1.165) is 47.9 Å². The number of amides is 1. The second kappa shape index (κ2) is 10.9. The van der Waals surface area contributed by atoms with E-state index in [0.29, 0.717) is 25.1 Å². The molecule has 6 nitrogen and oxygen atoms in total. The van der Waals surface area contributed by atoms with Gasteiger partial charge >= 0.3 is 5.97 Å². The molecule has 0 spiro atoms. The Labute approximate surface area is 199 Å². The fourth-order valence-electron chi connectivity index (χ4n) is 4.99. The lowest BCUT2D eigenvalue weighted by Crippen LogP contribution is -2.30. The van der Waals surface area contributed by atoms with Gasteiger partial charge in [-0.2, -0.15) is 0 Å². The van der Waals surface area contributed by atoms with Crippen molar-refractivity contribution in [3.05, 3.63) is 101 Å². The molecule has 0 saturated carbocycles. The Morgan fingerprint density at radius 1 is 1.06 bits per heavy atom. The van der Waals surface area contributed by atoms with Gasteiger partial charge in [-0.3, -0.25) is 14.6 Å². The molecule has 6 heteroatoms. The molecule has 1 N–H and O–H groups in total. The first-order valence-electron chi connectivity index (χ1n) is 11.6. The van der Waals surface area contributed by atoms with E-state index in [2.05, 4.69) is 17.1 Å². The third-order valence-electron chi connectivity index (χ3n) is 6.69. The summed E-state index contributed by atoms with van der Waals surface area (Å²) in [5, 5.41) is 9.18. The highest BCUT2D eigenvalue weighted by atomic mass is 16.4. The van der Waals surface area contributed by atoms with Crippen LogP contribution in [0.15, 0.2) is 73.1 Å². The number of carboxylic acid groups (broad SMARTS) is 1. The van der Waals surface area contributed by atoms with Crippen molar-refractivity contribution >= 4 is 18.2 Å². The van der Waals surface area contributed by atoms with Gasteiger partial charge in [0.15, 0.2) is 0 Å². The van der Waals surface area contributed by atoms with Gasteiger partial charge in [-0.25, -0.2) is 4.79 Å². The first-order valence-corrected chi connectivity index (χ1v) is 11.6. The van der Waals surface area contributed by atoms with Crippen molar-refractivity contribution in [2.45, 2.75) is 37.5 Å². The van der Waals surface area contributed by atoms with Crippen LogP contribution in [0, 0.1) is 0 Å². The number of ketones is 1. The van der Waals surface area contributed by atoms with Gasteiger partial charge in [0.1, 0.15) is 0 Å². The molecule has 2 unspecified atom stereocenters. The van der Waals surface area contributed by atoms with E-state index < -0.39 is 11.8 Å².